The molecule has 1 saturated carbocycles. The number of hydrogen-bond donors (Lipinski definition) is 2. The Kier molecular flexibility index (Phi) is 3.33. The van der Waals surface area contributed by atoms with Gasteiger partial charge in [-0.2, -0.15) is 0 Å². The van der Waals surface area contributed by atoms with Gasteiger partial charge in [-0.15, -0.1) is 0 Å². The van der Waals surface area contributed by atoms with E-state index in [0.29, 0.717) is 24.5 Å². The van der Waals surface area contributed by atoms with Crippen LogP contribution in [0.2, 0.25) is 0 Å². The van der Waals surface area contributed by atoms with E-state index in [-0.39, 0.29) is 11.4 Å². The van der Waals surface area contributed by atoms with Crippen molar-refractivity contribution in [1.82, 2.24) is 5.32 Å². The van der Waals surface area contributed by atoms with E-state index in [9.17, 15) is 4.79 Å². The van der Waals surface area contributed by atoms with E-state index in [4.69, 9.17) is 10.5 Å². The molecule has 1 aromatic carbocycles. The van der Waals surface area contributed by atoms with Crippen LogP contribution in [0.1, 0.15) is 30.1 Å². The van der Waals surface area contributed by atoms with Gasteiger partial charge in [-0.3, -0.25) is 4.79 Å². The topological polar surface area (TPSA) is 64.3 Å². The maximum absolute atomic E-state index is 12.1. The third kappa shape index (κ3) is 2.58. The Balaban J connectivity index is 2.13. The Morgan fingerprint density at radius 2 is 2.18 bits per heavy atom. The number of para-hydroxylation sites is 1. The van der Waals surface area contributed by atoms with Crippen LogP contribution in [0.15, 0.2) is 24.3 Å². The molecular weight excluding hydrogens is 216 g/mol. The number of nitrogens with one attached hydrogen (secondary N) is 1. The predicted octanol–water partition coefficient (Wildman–Crippen LogP) is 1.31. The summed E-state index contributed by atoms with van der Waals surface area (Å²) in [5.74, 6) is 0.525. The highest BCUT2D eigenvalue weighted by Crippen LogP contribution is 2.34. The Labute approximate surface area is 101 Å². The second-order valence-electron chi connectivity index (χ2n) is 4.37. The van der Waals surface area contributed by atoms with Gasteiger partial charge in [-0.05, 0) is 31.9 Å². The molecule has 0 aromatic heterocycles. The highest BCUT2D eigenvalue weighted by molar-refractivity contribution is 5.97. The second-order valence-corrected chi connectivity index (χ2v) is 4.37. The fourth-order valence-corrected chi connectivity index (χ4v) is 1.77. The monoisotopic (exact) mass is 234 g/mol. The Morgan fingerprint density at radius 1 is 1.47 bits per heavy atom. The van der Waals surface area contributed by atoms with Crippen molar-refractivity contribution in [2.24, 2.45) is 5.73 Å². The molecule has 4 nitrogen and oxygen atoms in total. The fourth-order valence-electron chi connectivity index (χ4n) is 1.77. The summed E-state index contributed by atoms with van der Waals surface area (Å²) in [6.07, 6.45) is 1.93. The van der Waals surface area contributed by atoms with Crippen molar-refractivity contribution in [1.29, 1.82) is 0 Å². The van der Waals surface area contributed by atoms with E-state index in [2.05, 4.69) is 5.32 Å². The Hall–Kier alpha value is -1.55. The van der Waals surface area contributed by atoms with Gasteiger partial charge in [0.05, 0.1) is 17.7 Å². The number of ether oxygens (including phenoxy) is 1. The molecule has 0 aliphatic heterocycles. The molecule has 4 heteroatoms. The number of nitrogens with two attached hydrogens (primary N) is 1. The molecule has 0 saturated heterocycles. The highest BCUT2D eigenvalue weighted by atomic mass is 16.5. The molecule has 17 heavy (non-hydrogen) atoms. The van der Waals surface area contributed by atoms with E-state index in [1.54, 1.807) is 12.1 Å². The molecule has 3 N–H and O–H groups in total. The van der Waals surface area contributed by atoms with Crippen molar-refractivity contribution in [2.45, 2.75) is 25.3 Å². The second kappa shape index (κ2) is 4.75. The summed E-state index contributed by atoms with van der Waals surface area (Å²) in [6.45, 7) is 2.94. The van der Waals surface area contributed by atoms with Crippen LogP contribution < -0.4 is 15.8 Å². The first-order valence-corrected chi connectivity index (χ1v) is 5.95. The molecule has 0 radical (unpaired) electrons. The fraction of sp³-hybridized carbons (Fsp3) is 0.462. The molecule has 2 rings (SSSR count). The SMILES string of the molecule is CCOc1ccccc1C(=O)NC1(CN)CC1. The van der Waals surface area contributed by atoms with E-state index >= 15 is 0 Å². The summed E-state index contributed by atoms with van der Waals surface area (Å²) in [5.41, 5.74) is 6.05. The van der Waals surface area contributed by atoms with Crippen molar-refractivity contribution >= 4 is 5.91 Å². The van der Waals surface area contributed by atoms with Crippen molar-refractivity contribution < 1.29 is 9.53 Å². The van der Waals surface area contributed by atoms with Gasteiger partial charge in [0, 0.05) is 6.54 Å². The zero-order valence-electron chi connectivity index (χ0n) is 10.0. The van der Waals surface area contributed by atoms with Gasteiger partial charge >= 0.3 is 0 Å². The normalized spacial score (nSPS) is 16.4. The highest BCUT2D eigenvalue weighted by Gasteiger charge is 2.42. The summed E-state index contributed by atoms with van der Waals surface area (Å²) < 4.78 is 5.43. The first-order valence-electron chi connectivity index (χ1n) is 5.95. The van der Waals surface area contributed by atoms with Crippen LogP contribution in [0.25, 0.3) is 0 Å². The lowest BCUT2D eigenvalue weighted by molar-refractivity contribution is 0.0929. The van der Waals surface area contributed by atoms with Crippen LogP contribution in [0.4, 0.5) is 0 Å². The van der Waals surface area contributed by atoms with Crippen LogP contribution in [-0.2, 0) is 0 Å². The molecule has 1 aromatic rings. The molecule has 1 aliphatic rings. The average Bonchev–Trinajstić information content (AvgIpc) is 3.10. The summed E-state index contributed by atoms with van der Waals surface area (Å²) in [7, 11) is 0. The smallest absolute Gasteiger partial charge is 0.255 e. The van der Waals surface area contributed by atoms with Gasteiger partial charge in [0.2, 0.25) is 0 Å². The van der Waals surface area contributed by atoms with E-state index in [1.807, 2.05) is 19.1 Å². The maximum Gasteiger partial charge on any atom is 0.255 e. The number of carbonyl (C=O) groups is 1. The number of hydrogen-bond acceptors (Lipinski definition) is 3. The molecule has 1 fully saturated rings. The first-order chi connectivity index (χ1) is 8.21. The number of rotatable bonds is 5. The van der Waals surface area contributed by atoms with Crippen LogP contribution in [0, 0.1) is 0 Å². The minimum absolute atomic E-state index is 0.1000. The molecule has 0 heterocycles. The van der Waals surface area contributed by atoms with Gasteiger partial charge < -0.3 is 15.8 Å². The molecule has 0 atom stereocenters. The third-order valence-corrected chi connectivity index (χ3v) is 3.05. The van der Waals surface area contributed by atoms with Crippen LogP contribution in [-0.4, -0.2) is 24.6 Å². The van der Waals surface area contributed by atoms with Crippen molar-refractivity contribution in [3.05, 3.63) is 29.8 Å². The number of benzene rings is 1. The maximum atomic E-state index is 12.1. The van der Waals surface area contributed by atoms with Crippen molar-refractivity contribution in [2.75, 3.05) is 13.2 Å². The van der Waals surface area contributed by atoms with Gasteiger partial charge in [-0.25, -0.2) is 0 Å². The van der Waals surface area contributed by atoms with E-state index < -0.39 is 0 Å². The molecule has 0 unspecified atom stereocenters. The molecule has 92 valence electrons. The summed E-state index contributed by atoms with van der Waals surface area (Å²) in [4.78, 5) is 12.1. The minimum atomic E-state index is -0.170. The van der Waals surface area contributed by atoms with Crippen LogP contribution in [0.5, 0.6) is 5.75 Å². The van der Waals surface area contributed by atoms with Crippen molar-refractivity contribution in [3.63, 3.8) is 0 Å². The molecular formula is C13H18N2O2. The summed E-state index contributed by atoms with van der Waals surface area (Å²) >= 11 is 0. The lowest BCUT2D eigenvalue weighted by Gasteiger charge is -2.16. The molecule has 0 bridgehead atoms. The van der Waals surface area contributed by atoms with Crippen LogP contribution >= 0.6 is 0 Å². The van der Waals surface area contributed by atoms with Gasteiger partial charge in [0.25, 0.3) is 5.91 Å². The quantitative estimate of drug-likeness (QED) is 0.807. The standard InChI is InChI=1S/C13H18N2O2/c1-2-17-11-6-4-3-5-10(11)12(16)15-13(9-14)7-8-13/h3-6H,2,7-9,14H2,1H3,(H,15,16). The van der Waals surface area contributed by atoms with Crippen molar-refractivity contribution in [3.8, 4) is 5.75 Å². The lowest BCUT2D eigenvalue weighted by Crippen LogP contribution is -2.42. The van der Waals surface area contributed by atoms with E-state index in [1.165, 1.54) is 0 Å². The Bertz CT molecular complexity index is 414. The van der Waals surface area contributed by atoms with Gasteiger partial charge in [0.15, 0.2) is 0 Å². The average molecular weight is 234 g/mol. The summed E-state index contributed by atoms with van der Waals surface area (Å²) in [6, 6.07) is 7.27. The van der Waals surface area contributed by atoms with Crippen LogP contribution in [0.3, 0.4) is 0 Å². The number of carbonyl (C=O) groups excluding carboxylic acids is 1. The minimum Gasteiger partial charge on any atom is -0.493 e. The predicted molar refractivity (Wildman–Crippen MR) is 66.1 cm³/mol. The zero-order chi connectivity index (χ0) is 12.3. The molecule has 0 spiro atoms. The first kappa shape index (κ1) is 11.9. The largest absolute Gasteiger partial charge is 0.493 e. The lowest BCUT2D eigenvalue weighted by atomic mass is 10.1. The summed E-state index contributed by atoms with van der Waals surface area (Å²) in [5, 5.41) is 2.99. The van der Waals surface area contributed by atoms with Gasteiger partial charge in [0.1, 0.15) is 5.75 Å². The number of amides is 1. The molecule has 1 amide bonds. The molecule has 1 aliphatic carbocycles. The third-order valence-electron chi connectivity index (χ3n) is 3.05. The zero-order valence-corrected chi connectivity index (χ0v) is 10.0. The Morgan fingerprint density at radius 3 is 2.76 bits per heavy atom. The van der Waals surface area contributed by atoms with Gasteiger partial charge in [-0.1, -0.05) is 12.1 Å². The van der Waals surface area contributed by atoms with E-state index in [0.717, 1.165) is 12.8 Å².